The second-order valence-corrected chi connectivity index (χ2v) is 3.32. The van der Waals surface area contributed by atoms with E-state index in [0.29, 0.717) is 0 Å². The Bertz CT molecular complexity index is 181. The molecule has 13 heavy (non-hydrogen) atoms. The molecule has 3 heteroatoms. The van der Waals surface area contributed by atoms with Crippen LogP contribution in [0.2, 0.25) is 0 Å². The van der Waals surface area contributed by atoms with Gasteiger partial charge in [0.1, 0.15) is 0 Å². The summed E-state index contributed by atoms with van der Waals surface area (Å²) in [5, 5.41) is 2.91. The molecule has 0 bridgehead atoms. The molecule has 1 N–H and O–H groups in total. The van der Waals surface area contributed by atoms with Crippen molar-refractivity contribution in [2.75, 3.05) is 19.6 Å². The second-order valence-electron chi connectivity index (χ2n) is 3.32. The van der Waals surface area contributed by atoms with Crippen LogP contribution in [0.1, 0.15) is 26.2 Å². The highest BCUT2D eigenvalue weighted by atomic mass is 16.2. The average molecular weight is 182 g/mol. The zero-order valence-electron chi connectivity index (χ0n) is 8.25. The predicted molar refractivity (Wildman–Crippen MR) is 53.6 cm³/mol. The minimum Gasteiger partial charge on any atom is -0.338 e. The van der Waals surface area contributed by atoms with Gasteiger partial charge >= 0.3 is 6.03 Å². The number of rotatable bonds is 4. The zero-order chi connectivity index (χ0) is 9.52. The Labute approximate surface area is 79.8 Å². The number of hydrogen-bond donors (Lipinski definition) is 1. The lowest BCUT2D eigenvalue weighted by molar-refractivity contribution is 0.210. The van der Waals surface area contributed by atoms with Gasteiger partial charge in [-0.15, -0.1) is 0 Å². The highest BCUT2D eigenvalue weighted by Gasteiger charge is 2.12. The van der Waals surface area contributed by atoms with Crippen molar-refractivity contribution in [1.82, 2.24) is 10.2 Å². The number of nitrogens with one attached hydrogen (secondary N) is 1. The molecular formula is C10H18N2O. The van der Waals surface area contributed by atoms with E-state index < -0.39 is 0 Å². The van der Waals surface area contributed by atoms with Crippen LogP contribution in [-0.4, -0.2) is 30.6 Å². The Balaban J connectivity index is 2.04. The summed E-state index contributed by atoms with van der Waals surface area (Å²) in [5.74, 6) is 0. The highest BCUT2D eigenvalue weighted by Crippen LogP contribution is 1.99. The van der Waals surface area contributed by atoms with E-state index in [-0.39, 0.29) is 6.03 Å². The first-order valence-electron chi connectivity index (χ1n) is 5.02. The van der Waals surface area contributed by atoms with E-state index in [1.807, 2.05) is 12.2 Å². The summed E-state index contributed by atoms with van der Waals surface area (Å²) in [6.07, 6.45) is 7.51. The van der Waals surface area contributed by atoms with E-state index in [1.54, 1.807) is 4.90 Å². The molecule has 0 saturated heterocycles. The molecule has 0 aromatic carbocycles. The Morgan fingerprint density at radius 2 is 2.08 bits per heavy atom. The van der Waals surface area contributed by atoms with Gasteiger partial charge in [-0.3, -0.25) is 0 Å². The maximum Gasteiger partial charge on any atom is 0.317 e. The summed E-state index contributed by atoms with van der Waals surface area (Å²) >= 11 is 0. The number of urea groups is 1. The normalized spacial score (nSPS) is 15.0. The van der Waals surface area contributed by atoms with Crippen molar-refractivity contribution in [3.05, 3.63) is 12.2 Å². The van der Waals surface area contributed by atoms with Gasteiger partial charge in [0, 0.05) is 19.6 Å². The van der Waals surface area contributed by atoms with Crippen LogP contribution in [0, 0.1) is 0 Å². The van der Waals surface area contributed by atoms with Gasteiger partial charge in [-0.05, 0) is 6.42 Å². The van der Waals surface area contributed by atoms with Crippen LogP contribution in [0.3, 0.4) is 0 Å². The fourth-order valence-electron chi connectivity index (χ4n) is 1.33. The van der Waals surface area contributed by atoms with E-state index >= 15 is 0 Å². The van der Waals surface area contributed by atoms with Crippen LogP contribution >= 0.6 is 0 Å². The third kappa shape index (κ3) is 3.49. The minimum absolute atomic E-state index is 0.0705. The lowest BCUT2D eigenvalue weighted by atomic mass is 10.2. The third-order valence-electron chi connectivity index (χ3n) is 2.16. The molecule has 1 aliphatic rings. The first-order chi connectivity index (χ1) is 6.34. The number of hydrogen-bond acceptors (Lipinski definition) is 1. The van der Waals surface area contributed by atoms with Gasteiger partial charge in [-0.2, -0.15) is 0 Å². The van der Waals surface area contributed by atoms with Crippen LogP contribution in [0.25, 0.3) is 0 Å². The van der Waals surface area contributed by atoms with E-state index in [1.165, 1.54) is 12.8 Å². The molecule has 0 spiro atoms. The van der Waals surface area contributed by atoms with Gasteiger partial charge in [-0.25, -0.2) is 4.79 Å². The molecule has 0 unspecified atom stereocenters. The van der Waals surface area contributed by atoms with Gasteiger partial charge in [0.25, 0.3) is 0 Å². The molecule has 0 fully saturated rings. The van der Waals surface area contributed by atoms with Crippen LogP contribution in [0.5, 0.6) is 0 Å². The summed E-state index contributed by atoms with van der Waals surface area (Å²) in [7, 11) is 0. The zero-order valence-corrected chi connectivity index (χ0v) is 8.25. The predicted octanol–water partition coefficient (Wildman–Crippen LogP) is 1.76. The standard InChI is InChI=1S/C10H18N2O/c1-2-3-4-7-11-10(13)12-8-5-6-9-12/h5-6H,2-4,7-9H2,1H3,(H,11,13). The largest absolute Gasteiger partial charge is 0.338 e. The molecule has 0 saturated carbocycles. The Kier molecular flexibility index (Phi) is 4.36. The van der Waals surface area contributed by atoms with Crippen molar-refractivity contribution in [3.8, 4) is 0 Å². The number of nitrogens with zero attached hydrogens (tertiary/aromatic N) is 1. The monoisotopic (exact) mass is 182 g/mol. The molecule has 0 radical (unpaired) electrons. The van der Waals surface area contributed by atoms with E-state index in [2.05, 4.69) is 12.2 Å². The number of carbonyl (C=O) groups is 1. The molecule has 2 amide bonds. The molecule has 74 valence electrons. The molecule has 1 rings (SSSR count). The maximum absolute atomic E-state index is 11.4. The second kappa shape index (κ2) is 5.62. The first kappa shape index (κ1) is 10.1. The molecule has 0 aliphatic carbocycles. The molecule has 0 aromatic rings. The average Bonchev–Trinajstić information content (AvgIpc) is 2.65. The molecule has 0 atom stereocenters. The van der Waals surface area contributed by atoms with Crippen molar-refractivity contribution < 1.29 is 4.79 Å². The lowest BCUT2D eigenvalue weighted by Crippen LogP contribution is -2.38. The van der Waals surface area contributed by atoms with Crippen molar-refractivity contribution in [2.45, 2.75) is 26.2 Å². The number of unbranched alkanes of at least 4 members (excludes halogenated alkanes) is 2. The van der Waals surface area contributed by atoms with Crippen molar-refractivity contribution in [1.29, 1.82) is 0 Å². The summed E-state index contributed by atoms with van der Waals surface area (Å²) < 4.78 is 0. The Morgan fingerprint density at radius 3 is 2.69 bits per heavy atom. The van der Waals surface area contributed by atoms with E-state index in [0.717, 1.165) is 26.1 Å². The topological polar surface area (TPSA) is 32.3 Å². The van der Waals surface area contributed by atoms with Crippen LogP contribution in [0.4, 0.5) is 4.79 Å². The Morgan fingerprint density at radius 1 is 1.38 bits per heavy atom. The van der Waals surface area contributed by atoms with Gasteiger partial charge in [-0.1, -0.05) is 31.9 Å². The molecule has 1 heterocycles. The van der Waals surface area contributed by atoms with Gasteiger partial charge < -0.3 is 10.2 Å². The Hall–Kier alpha value is -0.990. The maximum atomic E-state index is 11.4. The third-order valence-corrected chi connectivity index (χ3v) is 2.16. The van der Waals surface area contributed by atoms with Gasteiger partial charge in [0.05, 0.1) is 0 Å². The summed E-state index contributed by atoms with van der Waals surface area (Å²) in [6.45, 7) is 4.49. The van der Waals surface area contributed by atoms with Crippen molar-refractivity contribution in [2.24, 2.45) is 0 Å². The summed E-state index contributed by atoms with van der Waals surface area (Å²) in [6, 6.07) is 0.0705. The minimum atomic E-state index is 0.0705. The fraction of sp³-hybridized carbons (Fsp3) is 0.700. The SMILES string of the molecule is CCCCCNC(=O)N1CC=CC1. The van der Waals surface area contributed by atoms with E-state index in [4.69, 9.17) is 0 Å². The highest BCUT2D eigenvalue weighted by molar-refractivity contribution is 5.74. The molecule has 1 aliphatic heterocycles. The van der Waals surface area contributed by atoms with Crippen LogP contribution < -0.4 is 5.32 Å². The molecular weight excluding hydrogens is 164 g/mol. The quantitative estimate of drug-likeness (QED) is 0.521. The number of carbonyl (C=O) groups excluding carboxylic acids is 1. The summed E-state index contributed by atoms with van der Waals surface area (Å²) in [5.41, 5.74) is 0. The smallest absolute Gasteiger partial charge is 0.317 e. The molecule has 3 nitrogen and oxygen atoms in total. The van der Waals surface area contributed by atoms with E-state index in [9.17, 15) is 4.79 Å². The molecule has 0 aromatic heterocycles. The van der Waals surface area contributed by atoms with Gasteiger partial charge in [0.15, 0.2) is 0 Å². The van der Waals surface area contributed by atoms with Gasteiger partial charge in [0.2, 0.25) is 0 Å². The van der Waals surface area contributed by atoms with Crippen LogP contribution in [-0.2, 0) is 0 Å². The first-order valence-corrected chi connectivity index (χ1v) is 5.02. The number of amides is 2. The van der Waals surface area contributed by atoms with Crippen LogP contribution in [0.15, 0.2) is 12.2 Å². The van der Waals surface area contributed by atoms with Crippen molar-refractivity contribution >= 4 is 6.03 Å². The fourth-order valence-corrected chi connectivity index (χ4v) is 1.33. The lowest BCUT2D eigenvalue weighted by Gasteiger charge is -2.15. The summed E-state index contributed by atoms with van der Waals surface area (Å²) in [4.78, 5) is 13.2. The van der Waals surface area contributed by atoms with Crippen molar-refractivity contribution in [3.63, 3.8) is 0 Å².